The van der Waals surface area contributed by atoms with Gasteiger partial charge in [0.2, 0.25) is 5.91 Å². The third kappa shape index (κ3) is 10.8. The molecule has 3 aromatic carbocycles. The summed E-state index contributed by atoms with van der Waals surface area (Å²) in [6.45, 7) is 2.94. The van der Waals surface area contributed by atoms with Crippen LogP contribution in [0.3, 0.4) is 0 Å². The summed E-state index contributed by atoms with van der Waals surface area (Å²) in [5.74, 6) is -4.07. The molecular weight excluding hydrogens is 598 g/mol. The van der Waals surface area contributed by atoms with Gasteiger partial charge in [-0.25, -0.2) is 8.42 Å². The molecule has 45 heavy (non-hydrogen) atoms. The van der Waals surface area contributed by atoms with Gasteiger partial charge in [0.15, 0.2) is 9.84 Å². The van der Waals surface area contributed by atoms with Crippen LogP contribution in [0.5, 0.6) is 0 Å². The number of nitrogens with zero attached hydrogens (tertiary/aromatic N) is 1. The normalized spacial score (nSPS) is 12.4. The molecule has 0 radical (unpaired) electrons. The first-order valence-corrected chi connectivity index (χ1v) is 16.4. The van der Waals surface area contributed by atoms with E-state index in [0.717, 1.165) is 16.0 Å². The number of esters is 2. The minimum atomic E-state index is -4.04. The highest BCUT2D eigenvalue weighted by Crippen LogP contribution is 2.25. The predicted molar refractivity (Wildman–Crippen MR) is 171 cm³/mol. The molecule has 2 amide bonds. The standard InChI is InChI=1S/C33H39N3O8S/c1-3-43-31(38)21-36(26-16-9-6-10-17-26)32(39)29(35-30(37)20-19-28(34)33(40)44-4-2)23-45(41,42)22-25-15-11-12-18-27(25)24-13-7-5-8-14-24/h5-18,28-29H,3-4,19-23,34H2,1-2H3,(H,35,37)/t28-,29-/m0/s1. The summed E-state index contributed by atoms with van der Waals surface area (Å²) in [5, 5.41) is 2.52. The molecule has 3 rings (SSSR count). The van der Waals surface area contributed by atoms with Gasteiger partial charge in [0.25, 0.3) is 5.91 Å². The summed E-state index contributed by atoms with van der Waals surface area (Å²) >= 11 is 0. The quantitative estimate of drug-likeness (QED) is 0.225. The molecule has 0 saturated carbocycles. The van der Waals surface area contributed by atoms with Crippen LogP contribution in [0.2, 0.25) is 0 Å². The van der Waals surface area contributed by atoms with E-state index < -0.39 is 63.7 Å². The van der Waals surface area contributed by atoms with Crippen LogP contribution in [-0.4, -0.2) is 69.8 Å². The van der Waals surface area contributed by atoms with Crippen LogP contribution in [0.15, 0.2) is 84.9 Å². The summed E-state index contributed by atoms with van der Waals surface area (Å²) in [7, 11) is -4.04. The molecule has 0 bridgehead atoms. The monoisotopic (exact) mass is 637 g/mol. The zero-order valence-corrected chi connectivity index (χ0v) is 26.2. The molecule has 3 N–H and O–H groups in total. The second kappa shape index (κ2) is 17.1. The number of carbonyl (C=O) groups is 4. The van der Waals surface area contributed by atoms with Crippen LogP contribution in [-0.2, 0) is 44.2 Å². The minimum absolute atomic E-state index is 0.0751. The van der Waals surface area contributed by atoms with E-state index in [1.54, 1.807) is 62.4 Å². The number of nitrogens with one attached hydrogen (secondary N) is 1. The van der Waals surface area contributed by atoms with E-state index in [0.29, 0.717) is 11.3 Å². The molecule has 2 atom stereocenters. The molecule has 0 spiro atoms. The van der Waals surface area contributed by atoms with Crippen molar-refractivity contribution < 1.29 is 37.1 Å². The predicted octanol–water partition coefficient (Wildman–Crippen LogP) is 3.02. The van der Waals surface area contributed by atoms with Gasteiger partial charge in [0, 0.05) is 12.1 Å². The lowest BCUT2D eigenvalue weighted by atomic mass is 10.0. The van der Waals surface area contributed by atoms with Crippen molar-refractivity contribution in [1.82, 2.24) is 5.32 Å². The first-order valence-electron chi connectivity index (χ1n) is 14.6. The van der Waals surface area contributed by atoms with Crippen molar-refractivity contribution in [3.63, 3.8) is 0 Å². The Hall–Kier alpha value is -4.55. The zero-order chi connectivity index (χ0) is 32.8. The number of rotatable bonds is 16. The largest absolute Gasteiger partial charge is 0.465 e. The van der Waals surface area contributed by atoms with Crippen molar-refractivity contribution in [3.8, 4) is 11.1 Å². The van der Waals surface area contributed by atoms with Gasteiger partial charge in [-0.15, -0.1) is 0 Å². The Balaban J connectivity index is 1.91. The molecule has 0 saturated heterocycles. The Morgan fingerprint density at radius 1 is 0.844 bits per heavy atom. The van der Waals surface area contributed by atoms with Crippen molar-refractivity contribution in [2.45, 2.75) is 44.5 Å². The van der Waals surface area contributed by atoms with Crippen molar-refractivity contribution in [1.29, 1.82) is 0 Å². The van der Waals surface area contributed by atoms with E-state index in [-0.39, 0.29) is 26.1 Å². The molecule has 0 heterocycles. The number of para-hydroxylation sites is 1. The van der Waals surface area contributed by atoms with E-state index in [1.165, 1.54) is 0 Å². The molecule has 0 aromatic heterocycles. The lowest BCUT2D eigenvalue weighted by Crippen LogP contribution is -2.53. The van der Waals surface area contributed by atoms with E-state index in [2.05, 4.69) is 5.32 Å². The van der Waals surface area contributed by atoms with Crippen LogP contribution < -0.4 is 16.0 Å². The maximum atomic E-state index is 14.0. The van der Waals surface area contributed by atoms with E-state index in [9.17, 15) is 27.6 Å². The average Bonchev–Trinajstić information content (AvgIpc) is 3.03. The topological polar surface area (TPSA) is 162 Å². The van der Waals surface area contributed by atoms with Crippen molar-refractivity contribution in [3.05, 3.63) is 90.5 Å². The fourth-order valence-electron chi connectivity index (χ4n) is 4.62. The van der Waals surface area contributed by atoms with Gasteiger partial charge in [-0.2, -0.15) is 0 Å². The van der Waals surface area contributed by atoms with E-state index in [1.807, 2.05) is 36.4 Å². The third-order valence-electron chi connectivity index (χ3n) is 6.73. The molecule has 3 aromatic rings. The van der Waals surface area contributed by atoms with Crippen LogP contribution in [0, 0.1) is 0 Å². The van der Waals surface area contributed by atoms with Crippen molar-refractivity contribution in [2.75, 3.05) is 30.4 Å². The zero-order valence-electron chi connectivity index (χ0n) is 25.4. The molecule has 0 unspecified atom stereocenters. The maximum absolute atomic E-state index is 14.0. The van der Waals surface area contributed by atoms with Gasteiger partial charge in [-0.05, 0) is 49.1 Å². The first-order chi connectivity index (χ1) is 21.5. The number of carbonyl (C=O) groups excluding carboxylic acids is 4. The molecule has 0 fully saturated rings. The summed E-state index contributed by atoms with van der Waals surface area (Å²) in [6, 6.07) is 21.9. The van der Waals surface area contributed by atoms with Crippen molar-refractivity contribution >= 4 is 39.3 Å². The molecule has 0 aliphatic carbocycles. The number of anilines is 1. The maximum Gasteiger partial charge on any atom is 0.326 e. The first kappa shape index (κ1) is 34.9. The minimum Gasteiger partial charge on any atom is -0.465 e. The molecule has 0 aliphatic rings. The summed E-state index contributed by atoms with van der Waals surface area (Å²) in [4.78, 5) is 52.5. The van der Waals surface area contributed by atoms with Gasteiger partial charge in [-0.1, -0.05) is 72.8 Å². The Labute approximate surface area is 263 Å². The lowest BCUT2D eigenvalue weighted by molar-refractivity contribution is -0.145. The molecule has 240 valence electrons. The summed E-state index contributed by atoms with van der Waals surface area (Å²) in [6.07, 6.45) is -0.363. The second-order valence-electron chi connectivity index (χ2n) is 10.2. The van der Waals surface area contributed by atoms with Crippen LogP contribution in [0.1, 0.15) is 32.3 Å². The van der Waals surface area contributed by atoms with Crippen LogP contribution in [0.4, 0.5) is 5.69 Å². The number of benzene rings is 3. The summed E-state index contributed by atoms with van der Waals surface area (Å²) in [5.41, 5.74) is 8.20. The smallest absolute Gasteiger partial charge is 0.326 e. The summed E-state index contributed by atoms with van der Waals surface area (Å²) < 4.78 is 37.3. The lowest BCUT2D eigenvalue weighted by Gasteiger charge is -2.27. The second-order valence-corrected chi connectivity index (χ2v) is 12.3. The highest BCUT2D eigenvalue weighted by Gasteiger charge is 2.33. The fraction of sp³-hybridized carbons (Fsp3) is 0.333. The number of amides is 2. The van der Waals surface area contributed by atoms with E-state index >= 15 is 0 Å². The van der Waals surface area contributed by atoms with E-state index in [4.69, 9.17) is 15.2 Å². The highest BCUT2D eigenvalue weighted by molar-refractivity contribution is 7.90. The Kier molecular flexibility index (Phi) is 13.3. The number of hydrogen-bond donors (Lipinski definition) is 2. The fourth-order valence-corrected chi connectivity index (χ4v) is 6.20. The molecule has 12 heteroatoms. The van der Waals surface area contributed by atoms with Crippen molar-refractivity contribution in [2.24, 2.45) is 5.73 Å². The van der Waals surface area contributed by atoms with Gasteiger partial charge in [0.1, 0.15) is 18.6 Å². The van der Waals surface area contributed by atoms with Gasteiger partial charge < -0.3 is 20.5 Å². The van der Waals surface area contributed by atoms with Gasteiger partial charge in [0.05, 0.1) is 24.7 Å². The number of sulfone groups is 1. The van der Waals surface area contributed by atoms with Crippen LogP contribution >= 0.6 is 0 Å². The average molecular weight is 638 g/mol. The highest BCUT2D eigenvalue weighted by atomic mass is 32.2. The van der Waals surface area contributed by atoms with Gasteiger partial charge in [-0.3, -0.25) is 24.1 Å². The molecule has 11 nitrogen and oxygen atoms in total. The Morgan fingerprint density at radius 2 is 1.44 bits per heavy atom. The third-order valence-corrected chi connectivity index (χ3v) is 8.32. The Bertz CT molecular complexity index is 1550. The number of hydrogen-bond acceptors (Lipinski definition) is 9. The Morgan fingerprint density at radius 3 is 2.09 bits per heavy atom. The SMILES string of the molecule is CCOC(=O)CN(C(=O)[C@H](CS(=O)(=O)Cc1ccccc1-c1ccccc1)NC(=O)CC[C@H](N)C(=O)OCC)c1ccccc1. The number of nitrogens with two attached hydrogens (primary N) is 1. The van der Waals surface area contributed by atoms with Crippen LogP contribution in [0.25, 0.3) is 11.1 Å². The number of ether oxygens (including phenoxy) is 2. The van der Waals surface area contributed by atoms with Gasteiger partial charge >= 0.3 is 11.9 Å². The molecule has 0 aliphatic heterocycles. The molecular formula is C33H39N3O8S.